The van der Waals surface area contributed by atoms with Gasteiger partial charge in [-0.15, -0.1) is 5.06 Å². The third-order valence-electron chi connectivity index (χ3n) is 10.9. The molecule has 5 rings (SSSR count). The molecule has 318 valence electrons. The van der Waals surface area contributed by atoms with Gasteiger partial charge in [0.05, 0.1) is 20.4 Å². The number of carbonyl (C=O) groups is 4. The van der Waals surface area contributed by atoms with E-state index in [2.05, 4.69) is 14.8 Å². The van der Waals surface area contributed by atoms with Crippen LogP contribution in [0.25, 0.3) is 0 Å². The minimum absolute atomic E-state index is 0. The molecule has 0 atom stereocenters. The summed E-state index contributed by atoms with van der Waals surface area (Å²) in [6.45, 7) is 11.4. The SMILES string of the molecule is CCN1/C(=C/C=C/C=C/C2=[N+](CCCCS(=O)(=O)[O-])c3ccc(C(=O)NCCCCCC(=O)ON4C(=O)CCC4=O)cc3C2(C)C)C(C)(C)c2cc(S(=O)(=O)[O-])ccc21.[Na+]. The fourth-order valence-corrected chi connectivity index (χ4v) is 8.85. The molecular formula is C42H51N4NaO11S2. The Morgan fingerprint density at radius 2 is 1.57 bits per heavy atom. The van der Waals surface area contributed by atoms with Crippen molar-refractivity contribution in [2.75, 3.05) is 30.3 Å². The Balaban J connectivity index is 0.00000794. The second-order valence-corrected chi connectivity index (χ2v) is 18.7. The second-order valence-electron chi connectivity index (χ2n) is 15.8. The number of hydrogen-bond acceptors (Lipinski definition) is 12. The van der Waals surface area contributed by atoms with Gasteiger partial charge in [0, 0.05) is 84.6 Å². The number of hydrogen-bond donors (Lipinski definition) is 1. The van der Waals surface area contributed by atoms with E-state index in [1.54, 1.807) is 12.1 Å². The number of allylic oxidation sites excluding steroid dienone is 6. The molecule has 1 fully saturated rings. The molecule has 0 unspecified atom stereocenters. The van der Waals surface area contributed by atoms with E-state index >= 15 is 0 Å². The Labute approximate surface area is 374 Å². The minimum atomic E-state index is -4.62. The maximum atomic E-state index is 13.3. The van der Waals surface area contributed by atoms with Crippen molar-refractivity contribution in [1.29, 1.82) is 0 Å². The molecule has 0 aromatic heterocycles. The van der Waals surface area contributed by atoms with Crippen molar-refractivity contribution in [1.82, 2.24) is 10.4 Å². The number of anilines is 1. The van der Waals surface area contributed by atoms with Gasteiger partial charge in [-0.3, -0.25) is 14.4 Å². The molecule has 2 aromatic rings. The van der Waals surface area contributed by atoms with Crippen LogP contribution in [-0.4, -0.2) is 90.4 Å². The average Bonchev–Trinajstić information content (AvgIpc) is 3.67. The number of hydroxylamine groups is 2. The Hall–Kier alpha value is -3.97. The maximum Gasteiger partial charge on any atom is 1.00 e. The van der Waals surface area contributed by atoms with E-state index in [-0.39, 0.29) is 66.0 Å². The molecule has 1 saturated heterocycles. The number of benzene rings is 2. The van der Waals surface area contributed by atoms with Gasteiger partial charge in [-0.25, -0.2) is 21.6 Å². The first-order valence-corrected chi connectivity index (χ1v) is 22.7. The van der Waals surface area contributed by atoms with Crippen LogP contribution < -0.4 is 39.8 Å². The summed E-state index contributed by atoms with van der Waals surface area (Å²) in [5.74, 6) is -2.46. The van der Waals surface area contributed by atoms with Gasteiger partial charge in [0.1, 0.15) is 16.7 Å². The summed E-state index contributed by atoms with van der Waals surface area (Å²) < 4.78 is 71.3. The van der Waals surface area contributed by atoms with Crippen molar-refractivity contribution >= 4 is 61.0 Å². The quantitative estimate of drug-likeness (QED) is 0.0569. The van der Waals surface area contributed by atoms with Crippen LogP contribution >= 0.6 is 0 Å². The van der Waals surface area contributed by atoms with Crippen molar-refractivity contribution in [3.8, 4) is 0 Å². The Morgan fingerprint density at radius 1 is 0.867 bits per heavy atom. The second kappa shape index (κ2) is 19.8. The zero-order chi connectivity index (χ0) is 43.3. The van der Waals surface area contributed by atoms with E-state index in [9.17, 15) is 45.1 Å². The molecule has 0 spiro atoms. The molecule has 18 heteroatoms. The number of carbonyl (C=O) groups excluding carboxylic acids is 4. The molecule has 15 nitrogen and oxygen atoms in total. The van der Waals surface area contributed by atoms with Crippen LogP contribution in [0, 0.1) is 0 Å². The summed E-state index contributed by atoms with van der Waals surface area (Å²) in [7, 11) is -8.98. The monoisotopic (exact) mass is 874 g/mol. The topological polar surface area (TPSA) is 213 Å². The Bertz CT molecular complexity index is 2350. The molecule has 3 aliphatic heterocycles. The number of nitrogens with one attached hydrogen (secondary N) is 1. The van der Waals surface area contributed by atoms with Crippen molar-refractivity contribution in [3.05, 3.63) is 89.2 Å². The first kappa shape index (κ1) is 48.7. The molecule has 3 aliphatic rings. The molecule has 0 aliphatic carbocycles. The summed E-state index contributed by atoms with van der Waals surface area (Å²) in [5, 5.41) is 3.45. The van der Waals surface area contributed by atoms with Crippen molar-refractivity contribution < 1.29 is 84.1 Å². The van der Waals surface area contributed by atoms with Gasteiger partial charge in [-0.2, -0.15) is 4.58 Å². The number of nitrogens with zero attached hydrogens (tertiary/aromatic N) is 3. The fourth-order valence-electron chi connectivity index (χ4n) is 7.80. The van der Waals surface area contributed by atoms with Gasteiger partial charge >= 0.3 is 35.5 Å². The predicted octanol–water partition coefficient (Wildman–Crippen LogP) is 2.01. The van der Waals surface area contributed by atoms with E-state index in [0.29, 0.717) is 55.9 Å². The van der Waals surface area contributed by atoms with Gasteiger partial charge in [0.25, 0.3) is 17.7 Å². The third kappa shape index (κ3) is 11.3. The van der Waals surface area contributed by atoms with E-state index in [1.165, 1.54) is 12.1 Å². The summed E-state index contributed by atoms with van der Waals surface area (Å²) in [6, 6.07) is 9.89. The van der Waals surface area contributed by atoms with E-state index in [0.717, 1.165) is 33.9 Å². The van der Waals surface area contributed by atoms with Crippen molar-refractivity contribution in [3.63, 3.8) is 0 Å². The molecular weight excluding hydrogens is 824 g/mol. The van der Waals surface area contributed by atoms with Crippen molar-refractivity contribution in [2.45, 2.75) is 102 Å². The number of likely N-dealkylation sites (N-methyl/N-ethyl adjacent to an activating group) is 1. The van der Waals surface area contributed by atoms with Crippen LogP contribution in [0.2, 0.25) is 0 Å². The Morgan fingerprint density at radius 3 is 2.22 bits per heavy atom. The van der Waals surface area contributed by atoms with Crippen LogP contribution in [0.15, 0.2) is 77.4 Å². The van der Waals surface area contributed by atoms with E-state index in [1.807, 2.05) is 77.1 Å². The van der Waals surface area contributed by atoms with Gasteiger partial charge in [-0.1, -0.05) is 38.5 Å². The van der Waals surface area contributed by atoms with Crippen LogP contribution in [0.3, 0.4) is 0 Å². The zero-order valence-electron chi connectivity index (χ0n) is 35.0. The molecule has 2 aromatic carbocycles. The maximum absolute atomic E-state index is 13.3. The standard InChI is InChI=1S/C42H52N4O11S2.Na/c1-6-44-33-21-19-30(59(54,55)56)28-32(33)42(4,5)35(44)15-9-7-10-16-36-41(2,3)31-27-29(18-20-34(31)45(36)25-13-14-26-58(51,52)53)40(50)43-24-12-8-11-17-39(49)57-46-37(47)22-23-38(46)48;/h7,9-10,15-16,18-21,27-28H,6,8,11-14,17,22-26H2,1-5H3,(H2-,43,50,51,52,53,54,55,56);/q;+1/p-1. The van der Waals surface area contributed by atoms with E-state index in [4.69, 9.17) is 4.84 Å². The first-order chi connectivity index (χ1) is 27.7. The summed E-state index contributed by atoms with van der Waals surface area (Å²) in [5.41, 5.74) is 4.45. The van der Waals surface area contributed by atoms with Gasteiger partial charge < -0.3 is 24.2 Å². The average molecular weight is 875 g/mol. The number of amides is 3. The molecule has 3 amide bonds. The van der Waals surface area contributed by atoms with Gasteiger partial charge in [-0.05, 0) is 82.0 Å². The summed E-state index contributed by atoms with van der Waals surface area (Å²) >= 11 is 0. The normalized spacial score (nSPS) is 17.8. The van der Waals surface area contributed by atoms with Crippen LogP contribution in [0.5, 0.6) is 0 Å². The number of unbranched alkanes of at least 4 members (excludes halogenated alkanes) is 3. The number of fused-ring (bicyclic) bond motifs is 2. The summed E-state index contributed by atoms with van der Waals surface area (Å²) in [4.78, 5) is 55.3. The smallest absolute Gasteiger partial charge is 0.748 e. The van der Waals surface area contributed by atoms with Crippen LogP contribution in [0.4, 0.5) is 11.4 Å². The first-order valence-electron chi connectivity index (χ1n) is 19.7. The molecule has 0 radical (unpaired) electrons. The molecule has 0 saturated carbocycles. The molecule has 0 bridgehead atoms. The largest absolute Gasteiger partial charge is 1.00 e. The van der Waals surface area contributed by atoms with Gasteiger partial charge in [0.15, 0.2) is 5.71 Å². The third-order valence-corrected chi connectivity index (χ3v) is 12.5. The number of imide groups is 1. The molecule has 1 N–H and O–H groups in total. The molecule has 3 heterocycles. The predicted molar refractivity (Wildman–Crippen MR) is 218 cm³/mol. The van der Waals surface area contributed by atoms with Crippen LogP contribution in [-0.2, 0) is 50.3 Å². The van der Waals surface area contributed by atoms with Crippen LogP contribution in [0.1, 0.15) is 107 Å². The van der Waals surface area contributed by atoms with Crippen molar-refractivity contribution in [2.24, 2.45) is 0 Å². The fraction of sp³-hybridized carbons (Fsp3) is 0.452. The molecule has 60 heavy (non-hydrogen) atoms. The van der Waals surface area contributed by atoms with Gasteiger partial charge in [0.2, 0.25) is 5.69 Å². The van der Waals surface area contributed by atoms with E-state index < -0.39 is 54.6 Å². The Kier molecular flexibility index (Phi) is 16.1. The zero-order valence-corrected chi connectivity index (χ0v) is 38.6. The summed E-state index contributed by atoms with van der Waals surface area (Å²) in [6.07, 6.45) is 11.9. The minimum Gasteiger partial charge on any atom is -0.748 e. The number of rotatable bonds is 18.